The highest BCUT2D eigenvalue weighted by atomic mass is 32.2. The molecule has 2 N–H and O–H groups in total. The molecule has 6 nitrogen and oxygen atoms in total. The molecule has 0 aromatic heterocycles. The summed E-state index contributed by atoms with van der Waals surface area (Å²) in [5.74, 6) is 0.345. The molecule has 2 aliphatic heterocycles. The number of aliphatic hydroxyl groups is 1. The Morgan fingerprint density at radius 3 is 2.62 bits per heavy atom. The number of aliphatic hydroxyl groups excluding tert-OH is 1. The molecule has 1 amide bonds. The summed E-state index contributed by atoms with van der Waals surface area (Å²) >= 11 is 0. The highest BCUT2D eigenvalue weighted by Crippen LogP contribution is 2.37. The topological polar surface area (TPSA) is 86.7 Å². The van der Waals surface area contributed by atoms with Crippen molar-refractivity contribution in [3.05, 3.63) is 0 Å². The van der Waals surface area contributed by atoms with E-state index in [-0.39, 0.29) is 42.5 Å². The molecule has 0 saturated carbocycles. The van der Waals surface area contributed by atoms with Gasteiger partial charge in [-0.3, -0.25) is 4.79 Å². The van der Waals surface area contributed by atoms with Crippen LogP contribution >= 0.6 is 0 Å². The van der Waals surface area contributed by atoms with Crippen LogP contribution < -0.4 is 5.32 Å². The predicted molar refractivity (Wildman–Crippen MR) is 80.6 cm³/mol. The van der Waals surface area contributed by atoms with E-state index in [1.54, 1.807) is 4.90 Å². The van der Waals surface area contributed by atoms with Crippen LogP contribution in [0.4, 0.5) is 0 Å². The molecule has 0 spiro atoms. The van der Waals surface area contributed by atoms with Gasteiger partial charge in [0.05, 0.1) is 23.5 Å². The molecular formula is C14H26N2O4S. The van der Waals surface area contributed by atoms with E-state index in [1.807, 2.05) is 13.8 Å². The van der Waals surface area contributed by atoms with E-state index in [1.165, 1.54) is 0 Å². The van der Waals surface area contributed by atoms with Crippen LogP contribution in [0.15, 0.2) is 0 Å². The van der Waals surface area contributed by atoms with E-state index in [9.17, 15) is 18.3 Å². The lowest BCUT2D eigenvalue weighted by atomic mass is 9.75. The summed E-state index contributed by atoms with van der Waals surface area (Å²) < 4.78 is 23.4. The molecule has 2 rings (SSSR count). The summed E-state index contributed by atoms with van der Waals surface area (Å²) in [6, 6.07) is -0.286. The Bertz CT molecular complexity index is 483. The third-order valence-corrected chi connectivity index (χ3v) is 6.72. The second-order valence-electron chi connectivity index (χ2n) is 6.52. The number of nitrogens with zero attached hydrogens (tertiary/aromatic N) is 1. The van der Waals surface area contributed by atoms with Crippen molar-refractivity contribution in [1.82, 2.24) is 10.2 Å². The molecule has 2 saturated heterocycles. The maximum absolute atomic E-state index is 13.1. The zero-order chi connectivity index (χ0) is 15.7. The second kappa shape index (κ2) is 6.22. The minimum absolute atomic E-state index is 0.00125. The van der Waals surface area contributed by atoms with Gasteiger partial charge in [0.1, 0.15) is 0 Å². The molecule has 0 bridgehead atoms. The largest absolute Gasteiger partial charge is 0.395 e. The highest BCUT2D eigenvalue weighted by molar-refractivity contribution is 7.91. The molecule has 122 valence electrons. The Balaban J connectivity index is 2.23. The van der Waals surface area contributed by atoms with Gasteiger partial charge in [-0.2, -0.15) is 0 Å². The van der Waals surface area contributed by atoms with E-state index in [4.69, 9.17) is 0 Å². The van der Waals surface area contributed by atoms with E-state index in [0.29, 0.717) is 13.0 Å². The van der Waals surface area contributed by atoms with Gasteiger partial charge in [-0.25, -0.2) is 8.42 Å². The molecule has 21 heavy (non-hydrogen) atoms. The van der Waals surface area contributed by atoms with Crippen LogP contribution in [0.1, 0.15) is 26.7 Å². The molecule has 0 aromatic carbocycles. The van der Waals surface area contributed by atoms with Gasteiger partial charge in [0, 0.05) is 19.1 Å². The van der Waals surface area contributed by atoms with Crippen LogP contribution in [0.3, 0.4) is 0 Å². The van der Waals surface area contributed by atoms with Gasteiger partial charge in [0.15, 0.2) is 9.84 Å². The molecule has 7 heteroatoms. The SMILES string of the molecule is CC(C)C1(C(=O)N(CCO)C2CCS(=O)(=O)C2)CCNC1. The molecule has 2 fully saturated rings. The number of rotatable bonds is 5. The number of hydrogen-bond acceptors (Lipinski definition) is 5. The van der Waals surface area contributed by atoms with Crippen LogP contribution in [0.25, 0.3) is 0 Å². The third kappa shape index (κ3) is 3.24. The number of amides is 1. The van der Waals surface area contributed by atoms with E-state index >= 15 is 0 Å². The van der Waals surface area contributed by atoms with Crippen molar-refractivity contribution in [3.63, 3.8) is 0 Å². The molecule has 0 aliphatic carbocycles. The van der Waals surface area contributed by atoms with Crippen molar-refractivity contribution in [2.45, 2.75) is 32.7 Å². The lowest BCUT2D eigenvalue weighted by Crippen LogP contribution is -2.53. The van der Waals surface area contributed by atoms with Crippen molar-refractivity contribution in [3.8, 4) is 0 Å². The van der Waals surface area contributed by atoms with E-state index in [2.05, 4.69) is 5.32 Å². The standard InChI is InChI=1S/C14H26N2O4S/c1-11(2)14(4-5-15-10-14)13(18)16(6-7-17)12-3-8-21(19,20)9-12/h11-12,15,17H,3-10H2,1-2H3. The molecule has 2 heterocycles. The van der Waals surface area contributed by atoms with Crippen molar-refractivity contribution >= 4 is 15.7 Å². The van der Waals surface area contributed by atoms with Crippen LogP contribution in [0.2, 0.25) is 0 Å². The maximum Gasteiger partial charge on any atom is 0.230 e. The van der Waals surface area contributed by atoms with Gasteiger partial charge in [-0.05, 0) is 25.3 Å². The zero-order valence-electron chi connectivity index (χ0n) is 12.8. The molecule has 0 radical (unpaired) electrons. The van der Waals surface area contributed by atoms with E-state index in [0.717, 1.165) is 13.0 Å². The summed E-state index contributed by atoms with van der Waals surface area (Å²) in [4.78, 5) is 14.7. The Kier molecular flexibility index (Phi) is 4.95. The fourth-order valence-corrected chi connectivity index (χ4v) is 5.23. The Morgan fingerprint density at radius 1 is 1.48 bits per heavy atom. The Labute approximate surface area is 126 Å². The van der Waals surface area contributed by atoms with Crippen LogP contribution in [-0.4, -0.2) is 68.1 Å². The molecular weight excluding hydrogens is 292 g/mol. The number of hydrogen-bond donors (Lipinski definition) is 2. The fraction of sp³-hybridized carbons (Fsp3) is 0.929. The average Bonchev–Trinajstić information content (AvgIpc) is 3.02. The number of sulfone groups is 1. The van der Waals surface area contributed by atoms with Crippen molar-refractivity contribution in [2.24, 2.45) is 11.3 Å². The van der Waals surface area contributed by atoms with Crippen molar-refractivity contribution < 1.29 is 18.3 Å². The first kappa shape index (κ1) is 16.7. The maximum atomic E-state index is 13.1. The summed E-state index contributed by atoms with van der Waals surface area (Å²) in [5, 5.41) is 12.5. The minimum Gasteiger partial charge on any atom is -0.395 e. The molecule has 2 unspecified atom stereocenters. The van der Waals surface area contributed by atoms with Gasteiger partial charge in [0.2, 0.25) is 5.91 Å². The molecule has 2 atom stereocenters. The second-order valence-corrected chi connectivity index (χ2v) is 8.75. The van der Waals surface area contributed by atoms with Crippen LogP contribution in [-0.2, 0) is 14.6 Å². The summed E-state index contributed by atoms with van der Waals surface area (Å²) in [6.45, 7) is 5.59. The average molecular weight is 318 g/mol. The lowest BCUT2D eigenvalue weighted by Gasteiger charge is -2.39. The zero-order valence-corrected chi connectivity index (χ0v) is 13.7. The highest BCUT2D eigenvalue weighted by Gasteiger charge is 2.48. The number of carbonyl (C=O) groups excluding carboxylic acids is 1. The van der Waals surface area contributed by atoms with Gasteiger partial charge in [0.25, 0.3) is 0 Å². The summed E-state index contributed by atoms with van der Waals surface area (Å²) in [5.41, 5.74) is -0.471. The summed E-state index contributed by atoms with van der Waals surface area (Å²) in [7, 11) is -3.05. The van der Waals surface area contributed by atoms with Crippen molar-refractivity contribution in [2.75, 3.05) is 37.7 Å². The normalized spacial score (nSPS) is 31.7. The van der Waals surface area contributed by atoms with Crippen LogP contribution in [0, 0.1) is 11.3 Å². The smallest absolute Gasteiger partial charge is 0.230 e. The predicted octanol–water partition coefficient (Wildman–Crippen LogP) is -0.370. The quantitative estimate of drug-likeness (QED) is 0.722. The fourth-order valence-electron chi connectivity index (χ4n) is 3.50. The van der Waals surface area contributed by atoms with Gasteiger partial charge < -0.3 is 15.3 Å². The first-order chi connectivity index (χ1) is 9.82. The first-order valence-electron chi connectivity index (χ1n) is 7.65. The third-order valence-electron chi connectivity index (χ3n) is 4.97. The molecule has 2 aliphatic rings. The lowest BCUT2D eigenvalue weighted by molar-refractivity contribution is -0.146. The monoisotopic (exact) mass is 318 g/mol. The van der Waals surface area contributed by atoms with E-state index < -0.39 is 15.3 Å². The number of carbonyl (C=O) groups is 1. The minimum atomic E-state index is -3.05. The number of nitrogens with one attached hydrogen (secondary N) is 1. The van der Waals surface area contributed by atoms with Crippen molar-refractivity contribution in [1.29, 1.82) is 0 Å². The van der Waals surface area contributed by atoms with Gasteiger partial charge in [-0.15, -0.1) is 0 Å². The molecule has 0 aromatic rings. The van der Waals surface area contributed by atoms with Crippen LogP contribution in [0.5, 0.6) is 0 Å². The summed E-state index contributed by atoms with van der Waals surface area (Å²) in [6.07, 6.45) is 1.25. The Hall–Kier alpha value is -0.660. The first-order valence-corrected chi connectivity index (χ1v) is 9.47. The van der Waals surface area contributed by atoms with Gasteiger partial charge >= 0.3 is 0 Å². The Morgan fingerprint density at radius 2 is 2.19 bits per heavy atom. The van der Waals surface area contributed by atoms with Gasteiger partial charge in [-0.1, -0.05) is 13.8 Å².